The van der Waals surface area contributed by atoms with Crippen molar-refractivity contribution < 1.29 is 4.92 Å². The molecule has 0 amide bonds. The lowest BCUT2D eigenvalue weighted by atomic mass is 10.1. The fraction of sp³-hybridized carbons (Fsp3) is 0.0769. The second-order valence-corrected chi connectivity index (χ2v) is 5.21. The molecule has 0 aliphatic rings. The number of nitro benzene ring substituents is 1. The Morgan fingerprint density at radius 2 is 1.90 bits per heavy atom. The highest BCUT2D eigenvalue weighted by Crippen LogP contribution is 2.31. The minimum Gasteiger partial charge on any atom is -0.379 e. The average Bonchev–Trinajstić information content (AvgIpc) is 2.41. The first kappa shape index (κ1) is 14.9. The fourth-order valence-corrected chi connectivity index (χ4v) is 2.22. The van der Waals surface area contributed by atoms with Crippen LogP contribution >= 0.6 is 34.8 Å². The molecule has 0 aromatic heterocycles. The van der Waals surface area contributed by atoms with Crippen molar-refractivity contribution in [3.63, 3.8) is 0 Å². The predicted molar refractivity (Wildman–Crippen MR) is 81.9 cm³/mol. The van der Waals surface area contributed by atoms with Crippen molar-refractivity contribution in [2.45, 2.75) is 6.54 Å². The normalized spacial score (nSPS) is 10.3. The van der Waals surface area contributed by atoms with Crippen molar-refractivity contribution in [2.24, 2.45) is 0 Å². The number of benzene rings is 2. The van der Waals surface area contributed by atoms with Crippen LogP contribution in [0.1, 0.15) is 5.56 Å². The minimum atomic E-state index is -0.470. The van der Waals surface area contributed by atoms with Crippen LogP contribution in [-0.2, 0) is 6.54 Å². The van der Waals surface area contributed by atoms with Crippen LogP contribution in [0.3, 0.4) is 0 Å². The van der Waals surface area contributed by atoms with Crippen molar-refractivity contribution in [2.75, 3.05) is 5.32 Å². The highest BCUT2D eigenvalue weighted by atomic mass is 35.5. The van der Waals surface area contributed by atoms with E-state index in [4.69, 9.17) is 34.8 Å². The van der Waals surface area contributed by atoms with Crippen LogP contribution < -0.4 is 5.32 Å². The molecule has 2 aromatic rings. The number of halogens is 3. The van der Waals surface area contributed by atoms with Crippen LogP contribution in [-0.4, -0.2) is 4.92 Å². The second kappa shape index (κ2) is 6.31. The Kier molecular flexibility index (Phi) is 4.70. The van der Waals surface area contributed by atoms with E-state index in [0.29, 0.717) is 26.3 Å². The molecule has 0 aliphatic heterocycles. The van der Waals surface area contributed by atoms with E-state index in [9.17, 15) is 10.1 Å². The summed E-state index contributed by atoms with van der Waals surface area (Å²) in [7, 11) is 0. The van der Waals surface area contributed by atoms with Gasteiger partial charge in [-0.2, -0.15) is 0 Å². The molecule has 0 unspecified atom stereocenters. The maximum atomic E-state index is 11.0. The molecule has 4 nitrogen and oxygen atoms in total. The lowest BCUT2D eigenvalue weighted by molar-refractivity contribution is -0.385. The predicted octanol–water partition coefficient (Wildman–Crippen LogP) is 5.17. The molecule has 0 spiro atoms. The van der Waals surface area contributed by atoms with E-state index in [0.717, 1.165) is 0 Å². The van der Waals surface area contributed by atoms with Crippen LogP contribution in [0.5, 0.6) is 0 Å². The molecule has 0 heterocycles. The van der Waals surface area contributed by atoms with Crippen molar-refractivity contribution in [3.8, 4) is 0 Å². The molecule has 0 saturated carbocycles. The third-order valence-corrected chi connectivity index (χ3v) is 3.72. The maximum Gasteiger partial charge on any atom is 0.275 e. The summed E-state index contributed by atoms with van der Waals surface area (Å²) in [5, 5.41) is 15.1. The van der Waals surface area contributed by atoms with Crippen molar-refractivity contribution in [3.05, 3.63) is 67.1 Å². The Morgan fingerprint density at radius 3 is 2.60 bits per heavy atom. The van der Waals surface area contributed by atoms with Gasteiger partial charge in [0.15, 0.2) is 0 Å². The van der Waals surface area contributed by atoms with Crippen LogP contribution in [0.4, 0.5) is 11.4 Å². The number of rotatable bonds is 4. The largest absolute Gasteiger partial charge is 0.379 e. The van der Waals surface area contributed by atoms with Gasteiger partial charge in [-0.3, -0.25) is 10.1 Å². The van der Waals surface area contributed by atoms with Gasteiger partial charge >= 0.3 is 0 Å². The first-order chi connectivity index (χ1) is 9.49. The summed E-state index contributed by atoms with van der Waals surface area (Å²) in [4.78, 5) is 10.5. The van der Waals surface area contributed by atoms with E-state index >= 15 is 0 Å². The standard InChI is InChI=1S/C13H9Cl3N2O2/c14-9-5-4-8(12(6-9)18(19)20)7-17-11-3-1-2-10(15)13(11)16/h1-6,17H,7H2. The summed E-state index contributed by atoms with van der Waals surface area (Å²) in [5.41, 5.74) is 1.09. The smallest absolute Gasteiger partial charge is 0.275 e. The van der Waals surface area contributed by atoms with Crippen LogP contribution in [0.2, 0.25) is 15.1 Å². The van der Waals surface area contributed by atoms with Gasteiger partial charge in [-0.25, -0.2) is 0 Å². The third kappa shape index (κ3) is 3.33. The van der Waals surface area contributed by atoms with Gasteiger partial charge in [-0.1, -0.05) is 40.9 Å². The topological polar surface area (TPSA) is 55.2 Å². The number of nitro groups is 1. The third-order valence-electron chi connectivity index (χ3n) is 2.66. The summed E-state index contributed by atoms with van der Waals surface area (Å²) in [6.45, 7) is 0.244. The number of anilines is 1. The van der Waals surface area contributed by atoms with Gasteiger partial charge in [0.2, 0.25) is 0 Å². The molecule has 104 valence electrons. The SMILES string of the molecule is O=[N+]([O-])c1cc(Cl)ccc1CNc1cccc(Cl)c1Cl. The Hall–Kier alpha value is -1.49. The van der Waals surface area contributed by atoms with Crippen molar-refractivity contribution in [1.82, 2.24) is 0 Å². The quantitative estimate of drug-likeness (QED) is 0.621. The van der Waals surface area contributed by atoms with Gasteiger partial charge in [-0.05, 0) is 24.3 Å². The highest BCUT2D eigenvalue weighted by molar-refractivity contribution is 6.43. The zero-order chi connectivity index (χ0) is 14.7. The Labute approximate surface area is 130 Å². The van der Waals surface area contributed by atoms with Crippen LogP contribution in [0.15, 0.2) is 36.4 Å². The molecular weight excluding hydrogens is 323 g/mol. The van der Waals surface area contributed by atoms with Crippen LogP contribution in [0, 0.1) is 10.1 Å². The van der Waals surface area contributed by atoms with Gasteiger partial charge in [0.25, 0.3) is 5.69 Å². The Balaban J connectivity index is 2.23. The monoisotopic (exact) mass is 330 g/mol. The molecule has 2 rings (SSSR count). The van der Waals surface area contributed by atoms with E-state index in [1.54, 1.807) is 30.3 Å². The van der Waals surface area contributed by atoms with E-state index < -0.39 is 4.92 Å². The number of hydrogen-bond acceptors (Lipinski definition) is 3. The zero-order valence-corrected chi connectivity index (χ0v) is 12.3. The van der Waals surface area contributed by atoms with Crippen LogP contribution in [0.25, 0.3) is 0 Å². The molecule has 0 saturated heterocycles. The summed E-state index contributed by atoms with van der Waals surface area (Å²) in [6, 6.07) is 9.68. The highest BCUT2D eigenvalue weighted by Gasteiger charge is 2.14. The maximum absolute atomic E-state index is 11.0. The molecule has 1 N–H and O–H groups in total. The van der Waals surface area contributed by atoms with Gasteiger partial charge < -0.3 is 5.32 Å². The molecule has 0 fully saturated rings. The lowest BCUT2D eigenvalue weighted by Gasteiger charge is -2.09. The molecule has 0 bridgehead atoms. The summed E-state index contributed by atoms with van der Waals surface area (Å²) >= 11 is 17.7. The number of nitrogens with one attached hydrogen (secondary N) is 1. The van der Waals surface area contributed by atoms with E-state index in [1.807, 2.05) is 0 Å². The fourth-order valence-electron chi connectivity index (χ4n) is 1.69. The molecule has 0 radical (unpaired) electrons. The number of nitrogens with zero attached hydrogens (tertiary/aromatic N) is 1. The molecule has 7 heteroatoms. The number of hydrogen-bond donors (Lipinski definition) is 1. The summed E-state index contributed by atoms with van der Waals surface area (Å²) in [6.07, 6.45) is 0. The Morgan fingerprint density at radius 1 is 1.15 bits per heavy atom. The molecule has 0 atom stereocenters. The van der Waals surface area contributed by atoms with E-state index in [-0.39, 0.29) is 12.2 Å². The summed E-state index contributed by atoms with van der Waals surface area (Å²) in [5.74, 6) is 0. The van der Waals surface area contributed by atoms with Gasteiger partial charge in [0.1, 0.15) is 0 Å². The first-order valence-corrected chi connectivity index (χ1v) is 6.73. The molecule has 20 heavy (non-hydrogen) atoms. The zero-order valence-electron chi connectivity index (χ0n) is 10.1. The Bertz CT molecular complexity index is 662. The lowest BCUT2D eigenvalue weighted by Crippen LogP contribution is -2.03. The molecular formula is C13H9Cl3N2O2. The van der Waals surface area contributed by atoms with Gasteiger partial charge in [0, 0.05) is 23.2 Å². The average molecular weight is 332 g/mol. The van der Waals surface area contributed by atoms with Gasteiger partial charge in [-0.15, -0.1) is 0 Å². The van der Waals surface area contributed by atoms with Gasteiger partial charge in [0.05, 0.1) is 20.7 Å². The second-order valence-electron chi connectivity index (χ2n) is 3.99. The molecule has 0 aliphatic carbocycles. The molecule has 2 aromatic carbocycles. The minimum absolute atomic E-state index is 0.0387. The van der Waals surface area contributed by atoms with Crippen molar-refractivity contribution in [1.29, 1.82) is 0 Å². The van der Waals surface area contributed by atoms with Crippen molar-refractivity contribution >= 4 is 46.2 Å². The summed E-state index contributed by atoms with van der Waals surface area (Å²) < 4.78 is 0. The van der Waals surface area contributed by atoms with E-state index in [2.05, 4.69) is 5.32 Å². The van der Waals surface area contributed by atoms with E-state index in [1.165, 1.54) is 6.07 Å². The first-order valence-electron chi connectivity index (χ1n) is 5.59.